The first-order chi connectivity index (χ1) is 6.49. The van der Waals surface area contributed by atoms with Crippen LogP contribution in [0, 0.1) is 0 Å². The van der Waals surface area contributed by atoms with Gasteiger partial charge in [-0.05, 0) is 13.8 Å². The maximum absolute atomic E-state index is 11.5. The van der Waals surface area contributed by atoms with Crippen LogP contribution < -0.4 is 0 Å². The van der Waals surface area contributed by atoms with Gasteiger partial charge in [-0.2, -0.15) is 0 Å². The van der Waals surface area contributed by atoms with Crippen molar-refractivity contribution in [1.29, 1.82) is 0 Å². The molecule has 0 aromatic heterocycles. The van der Waals surface area contributed by atoms with Crippen LogP contribution >= 0.6 is 0 Å². The minimum atomic E-state index is -0.354. The summed E-state index contributed by atoms with van der Waals surface area (Å²) < 4.78 is 0. The molecule has 1 aliphatic heterocycles. The average Bonchev–Trinajstić information content (AvgIpc) is 2.35. The maximum Gasteiger partial charge on any atom is 0.261 e. The minimum Gasteiger partial charge on any atom is -0.511 e. The van der Waals surface area contributed by atoms with Gasteiger partial charge in [0.05, 0.1) is 6.20 Å². The number of hydrogen-bond donors (Lipinski definition) is 1. The molecule has 1 heterocycles. The molecule has 0 fully saturated rings. The van der Waals surface area contributed by atoms with Crippen LogP contribution in [0.1, 0.15) is 27.2 Å². The Labute approximate surface area is 82.5 Å². The molecule has 0 unspecified atom stereocenters. The second-order valence-electron chi connectivity index (χ2n) is 3.20. The maximum atomic E-state index is 11.5. The van der Waals surface area contributed by atoms with Crippen molar-refractivity contribution < 1.29 is 14.7 Å². The topological polar surface area (TPSA) is 57.6 Å². The number of nitrogens with zero attached hydrogens (tertiary/aromatic N) is 1. The summed E-state index contributed by atoms with van der Waals surface area (Å²) >= 11 is 0. The summed E-state index contributed by atoms with van der Waals surface area (Å²) in [7, 11) is 0. The number of aliphatic hydroxyl groups excluding tert-OH is 1. The third-order valence-electron chi connectivity index (χ3n) is 2.28. The van der Waals surface area contributed by atoms with Gasteiger partial charge in [0.15, 0.2) is 0 Å². The van der Waals surface area contributed by atoms with E-state index in [1.165, 1.54) is 6.20 Å². The molecule has 0 bridgehead atoms. The van der Waals surface area contributed by atoms with Gasteiger partial charge in [0.1, 0.15) is 5.76 Å². The molecule has 14 heavy (non-hydrogen) atoms. The number of aliphatic hydroxyl groups is 1. The van der Waals surface area contributed by atoms with E-state index < -0.39 is 0 Å². The first-order valence-electron chi connectivity index (χ1n) is 4.44. The van der Waals surface area contributed by atoms with E-state index in [2.05, 4.69) is 0 Å². The molecule has 0 saturated heterocycles. The Morgan fingerprint density at radius 1 is 1.29 bits per heavy atom. The lowest BCUT2D eigenvalue weighted by atomic mass is 10.2. The van der Waals surface area contributed by atoms with Crippen LogP contribution in [-0.4, -0.2) is 21.8 Å². The first-order valence-corrected chi connectivity index (χ1v) is 4.44. The van der Waals surface area contributed by atoms with Gasteiger partial charge >= 0.3 is 0 Å². The molecule has 0 spiro atoms. The smallest absolute Gasteiger partial charge is 0.261 e. The molecule has 0 aliphatic carbocycles. The molecule has 1 N–H and O–H groups in total. The van der Waals surface area contributed by atoms with E-state index in [4.69, 9.17) is 0 Å². The van der Waals surface area contributed by atoms with E-state index >= 15 is 0 Å². The van der Waals surface area contributed by atoms with Crippen molar-refractivity contribution in [1.82, 2.24) is 4.90 Å². The van der Waals surface area contributed by atoms with Crippen LogP contribution in [0.25, 0.3) is 0 Å². The molecule has 0 atom stereocenters. The Kier molecular flexibility index (Phi) is 2.74. The van der Waals surface area contributed by atoms with E-state index in [0.717, 1.165) is 4.90 Å². The van der Waals surface area contributed by atoms with Crippen molar-refractivity contribution in [2.45, 2.75) is 27.2 Å². The molecule has 0 radical (unpaired) electrons. The standard InChI is InChI=1S/C10H13NO3/c1-4-8(12)5-11-9(13)6(2)7(3)10(11)14/h5,12H,4H2,1-3H3. The van der Waals surface area contributed by atoms with Gasteiger partial charge in [-0.25, -0.2) is 4.90 Å². The number of carbonyl (C=O) groups excluding carboxylic acids is 2. The molecule has 76 valence electrons. The summed E-state index contributed by atoms with van der Waals surface area (Å²) in [5.41, 5.74) is 0.880. The van der Waals surface area contributed by atoms with Crippen LogP contribution in [-0.2, 0) is 9.59 Å². The highest BCUT2D eigenvalue weighted by atomic mass is 16.3. The molecule has 4 nitrogen and oxygen atoms in total. The normalized spacial score (nSPS) is 18.5. The predicted octanol–water partition coefficient (Wildman–Crippen LogP) is 1.50. The summed E-state index contributed by atoms with van der Waals surface area (Å²) in [6.07, 6.45) is 1.58. The quantitative estimate of drug-likeness (QED) is 0.536. The zero-order valence-electron chi connectivity index (χ0n) is 8.50. The fourth-order valence-corrected chi connectivity index (χ4v) is 1.13. The van der Waals surface area contributed by atoms with Crippen LogP contribution in [0.2, 0.25) is 0 Å². The van der Waals surface area contributed by atoms with E-state index in [1.807, 2.05) is 0 Å². The Hall–Kier alpha value is -1.58. The number of imide groups is 1. The minimum absolute atomic E-state index is 0.0224. The largest absolute Gasteiger partial charge is 0.511 e. The lowest BCUT2D eigenvalue weighted by Crippen LogP contribution is -2.26. The summed E-state index contributed by atoms with van der Waals surface area (Å²) in [6, 6.07) is 0. The first kappa shape index (κ1) is 10.5. The summed E-state index contributed by atoms with van der Waals surface area (Å²) in [5, 5.41) is 9.22. The van der Waals surface area contributed by atoms with Gasteiger partial charge < -0.3 is 5.11 Å². The third-order valence-corrected chi connectivity index (χ3v) is 2.28. The Balaban J connectivity index is 2.99. The van der Waals surface area contributed by atoms with Crippen LogP contribution in [0.15, 0.2) is 23.1 Å². The van der Waals surface area contributed by atoms with Crippen molar-refractivity contribution in [3.63, 3.8) is 0 Å². The van der Waals surface area contributed by atoms with Crippen molar-refractivity contribution in [2.24, 2.45) is 0 Å². The van der Waals surface area contributed by atoms with Gasteiger partial charge in [-0.15, -0.1) is 0 Å². The number of rotatable bonds is 2. The zero-order chi connectivity index (χ0) is 10.9. The Bertz CT molecular complexity index is 328. The van der Waals surface area contributed by atoms with Gasteiger partial charge in [0.25, 0.3) is 11.8 Å². The number of allylic oxidation sites excluding steroid dienone is 1. The third kappa shape index (κ3) is 1.55. The van der Waals surface area contributed by atoms with Crippen LogP contribution in [0.4, 0.5) is 0 Å². The van der Waals surface area contributed by atoms with Crippen LogP contribution in [0.3, 0.4) is 0 Å². The van der Waals surface area contributed by atoms with Gasteiger partial charge in [-0.3, -0.25) is 9.59 Å². The molecule has 0 aromatic carbocycles. The molecule has 2 amide bonds. The Morgan fingerprint density at radius 2 is 1.71 bits per heavy atom. The van der Waals surface area contributed by atoms with Crippen molar-refractivity contribution in [3.8, 4) is 0 Å². The highest BCUT2D eigenvalue weighted by Crippen LogP contribution is 2.20. The average molecular weight is 195 g/mol. The second-order valence-corrected chi connectivity index (χ2v) is 3.20. The lowest BCUT2D eigenvalue weighted by molar-refractivity contribution is -0.134. The van der Waals surface area contributed by atoms with Crippen molar-refractivity contribution in [2.75, 3.05) is 0 Å². The second kappa shape index (κ2) is 3.65. The zero-order valence-corrected chi connectivity index (χ0v) is 8.50. The highest BCUT2D eigenvalue weighted by Gasteiger charge is 2.32. The fraction of sp³-hybridized carbons (Fsp3) is 0.400. The molecule has 1 aliphatic rings. The van der Waals surface area contributed by atoms with E-state index in [0.29, 0.717) is 17.6 Å². The monoisotopic (exact) mass is 195 g/mol. The molecule has 0 aromatic rings. The number of carbonyl (C=O) groups is 2. The molecule has 0 saturated carbocycles. The Morgan fingerprint density at radius 3 is 2.07 bits per heavy atom. The highest BCUT2D eigenvalue weighted by molar-refractivity contribution is 6.19. The van der Waals surface area contributed by atoms with Crippen molar-refractivity contribution in [3.05, 3.63) is 23.1 Å². The van der Waals surface area contributed by atoms with Crippen molar-refractivity contribution >= 4 is 11.8 Å². The van der Waals surface area contributed by atoms with E-state index in [9.17, 15) is 14.7 Å². The van der Waals surface area contributed by atoms with Gasteiger partial charge in [-0.1, -0.05) is 6.92 Å². The number of amides is 2. The summed E-state index contributed by atoms with van der Waals surface area (Å²) in [4.78, 5) is 23.9. The summed E-state index contributed by atoms with van der Waals surface area (Å²) in [5.74, 6) is -0.686. The van der Waals surface area contributed by atoms with E-state index in [1.54, 1.807) is 20.8 Å². The van der Waals surface area contributed by atoms with Crippen LogP contribution in [0.5, 0.6) is 0 Å². The molecule has 1 rings (SSSR count). The lowest BCUT2D eigenvalue weighted by Gasteiger charge is -2.09. The summed E-state index contributed by atoms with van der Waals surface area (Å²) in [6.45, 7) is 4.95. The molecular formula is C10H13NO3. The number of hydrogen-bond acceptors (Lipinski definition) is 3. The predicted molar refractivity (Wildman–Crippen MR) is 51.2 cm³/mol. The van der Waals surface area contributed by atoms with Gasteiger partial charge in [0.2, 0.25) is 0 Å². The SMILES string of the molecule is CCC(O)=CN1C(=O)C(C)=C(C)C1=O. The molecular weight excluding hydrogens is 182 g/mol. The molecule has 4 heteroatoms. The van der Waals surface area contributed by atoms with E-state index in [-0.39, 0.29) is 17.6 Å². The fourth-order valence-electron chi connectivity index (χ4n) is 1.13. The van der Waals surface area contributed by atoms with Gasteiger partial charge in [0, 0.05) is 17.6 Å².